The number of ether oxygens (including phenoxy) is 1. The van der Waals surface area contributed by atoms with Crippen LogP contribution in [0.25, 0.3) is 10.4 Å². The van der Waals surface area contributed by atoms with Crippen LogP contribution in [0.2, 0.25) is 0 Å². The van der Waals surface area contributed by atoms with Gasteiger partial charge in [-0.2, -0.15) is 0 Å². The standard InChI is InChI=1S/C29H37N5O7S/c1-15(2)24-27(38)31-16(3)28(39)34-14-18(35)13-20(34)26(37)30-10-11-41-21-7-6-17(12-19(21)25(36)32-24)22-8-9-23(42-22)29(40)33(4)5/h6-9,12,15-16,18,20,24,35H,10-11,13-14H2,1-5H3,(H,30,37)(H,31,38)(H,32,36)/t16-,18+,20+,24+/m1/s1. The molecule has 2 aliphatic heterocycles. The number of benzene rings is 1. The highest BCUT2D eigenvalue weighted by molar-refractivity contribution is 7.17. The van der Waals surface area contributed by atoms with Crippen molar-refractivity contribution in [1.29, 1.82) is 0 Å². The van der Waals surface area contributed by atoms with Crippen LogP contribution >= 0.6 is 11.3 Å². The van der Waals surface area contributed by atoms with Crippen molar-refractivity contribution in [1.82, 2.24) is 25.8 Å². The predicted octanol–water partition coefficient (Wildman–Crippen LogP) is 0.846. The number of amides is 5. The molecule has 4 rings (SSSR count). The van der Waals surface area contributed by atoms with E-state index >= 15 is 0 Å². The Morgan fingerprint density at radius 3 is 2.52 bits per heavy atom. The monoisotopic (exact) mass is 599 g/mol. The highest BCUT2D eigenvalue weighted by Gasteiger charge is 2.41. The van der Waals surface area contributed by atoms with Gasteiger partial charge < -0.3 is 35.6 Å². The number of aliphatic hydroxyl groups excluding tert-OH is 1. The summed E-state index contributed by atoms with van der Waals surface area (Å²) in [6.45, 7) is 5.15. The average Bonchev–Trinajstić information content (AvgIpc) is 3.59. The van der Waals surface area contributed by atoms with E-state index in [0.29, 0.717) is 10.4 Å². The number of fused-ring (bicyclic) bond motifs is 2. The van der Waals surface area contributed by atoms with Crippen LogP contribution in [-0.2, 0) is 14.4 Å². The number of nitrogens with one attached hydrogen (secondary N) is 3. The van der Waals surface area contributed by atoms with Gasteiger partial charge in [-0.25, -0.2) is 0 Å². The SMILES string of the molecule is CC(C)[C@@H]1NC(=O)c2cc(-c3ccc(C(=O)N(C)C)s3)ccc2OCCNC(=O)[C@@H]2C[C@H](O)CN2C(=O)[C@@H](C)NC1=O. The summed E-state index contributed by atoms with van der Waals surface area (Å²) in [4.78, 5) is 69.6. The summed E-state index contributed by atoms with van der Waals surface area (Å²) in [5, 5.41) is 18.4. The van der Waals surface area contributed by atoms with E-state index in [1.807, 2.05) is 0 Å². The number of nitrogens with zero attached hydrogens (tertiary/aromatic N) is 2. The number of hydrogen-bond donors (Lipinski definition) is 4. The zero-order chi connectivity index (χ0) is 30.7. The van der Waals surface area contributed by atoms with Crippen molar-refractivity contribution < 1.29 is 33.8 Å². The molecule has 1 aromatic carbocycles. The van der Waals surface area contributed by atoms with Crippen LogP contribution in [0.5, 0.6) is 5.75 Å². The van der Waals surface area contributed by atoms with Crippen molar-refractivity contribution in [3.8, 4) is 16.2 Å². The minimum absolute atomic E-state index is 0.0251. The van der Waals surface area contributed by atoms with Crippen LogP contribution in [0.3, 0.4) is 0 Å². The van der Waals surface area contributed by atoms with Gasteiger partial charge in [0.15, 0.2) is 0 Å². The zero-order valence-corrected chi connectivity index (χ0v) is 25.1. The molecule has 4 N–H and O–H groups in total. The molecule has 1 saturated heterocycles. The first-order chi connectivity index (χ1) is 19.9. The summed E-state index contributed by atoms with van der Waals surface area (Å²) >= 11 is 1.29. The Morgan fingerprint density at radius 1 is 1.10 bits per heavy atom. The van der Waals surface area contributed by atoms with E-state index in [-0.39, 0.29) is 49.3 Å². The zero-order valence-electron chi connectivity index (χ0n) is 24.3. The van der Waals surface area contributed by atoms with Gasteiger partial charge in [-0.05, 0) is 48.7 Å². The summed E-state index contributed by atoms with van der Waals surface area (Å²) < 4.78 is 5.90. The molecule has 0 radical (unpaired) electrons. The lowest BCUT2D eigenvalue weighted by molar-refractivity contribution is -0.141. The van der Waals surface area contributed by atoms with Gasteiger partial charge in [-0.3, -0.25) is 24.0 Å². The Bertz CT molecular complexity index is 1370. The molecule has 12 nitrogen and oxygen atoms in total. The van der Waals surface area contributed by atoms with Crippen molar-refractivity contribution in [2.75, 3.05) is 33.8 Å². The third kappa shape index (κ3) is 6.73. The van der Waals surface area contributed by atoms with E-state index < -0.39 is 47.9 Å². The molecule has 3 heterocycles. The van der Waals surface area contributed by atoms with Crippen LogP contribution in [0.15, 0.2) is 30.3 Å². The molecule has 0 unspecified atom stereocenters. The first-order valence-corrected chi connectivity index (χ1v) is 14.6. The smallest absolute Gasteiger partial charge is 0.263 e. The minimum atomic E-state index is -0.996. The molecule has 42 heavy (non-hydrogen) atoms. The maximum absolute atomic E-state index is 13.6. The van der Waals surface area contributed by atoms with Crippen molar-refractivity contribution >= 4 is 40.9 Å². The van der Waals surface area contributed by atoms with E-state index in [1.165, 1.54) is 28.1 Å². The lowest BCUT2D eigenvalue weighted by Gasteiger charge is -2.29. The second-order valence-corrected chi connectivity index (χ2v) is 12.1. The highest BCUT2D eigenvalue weighted by Crippen LogP contribution is 2.32. The van der Waals surface area contributed by atoms with Gasteiger partial charge >= 0.3 is 0 Å². The van der Waals surface area contributed by atoms with E-state index in [4.69, 9.17) is 4.74 Å². The molecule has 2 aromatic rings. The fourth-order valence-corrected chi connectivity index (χ4v) is 5.97. The van der Waals surface area contributed by atoms with Gasteiger partial charge in [-0.1, -0.05) is 13.8 Å². The Morgan fingerprint density at radius 2 is 1.83 bits per heavy atom. The van der Waals surface area contributed by atoms with Crippen molar-refractivity contribution in [3.63, 3.8) is 0 Å². The van der Waals surface area contributed by atoms with E-state index in [0.717, 1.165) is 4.88 Å². The van der Waals surface area contributed by atoms with Gasteiger partial charge in [0, 0.05) is 31.9 Å². The number of rotatable bonds is 3. The maximum Gasteiger partial charge on any atom is 0.263 e. The van der Waals surface area contributed by atoms with E-state index in [2.05, 4.69) is 16.0 Å². The fourth-order valence-electron chi connectivity index (χ4n) is 4.94. The van der Waals surface area contributed by atoms with Crippen molar-refractivity contribution in [3.05, 3.63) is 40.8 Å². The lowest BCUT2D eigenvalue weighted by atomic mass is 10.0. The number of carbonyl (C=O) groups excluding carboxylic acids is 5. The van der Waals surface area contributed by atoms with Gasteiger partial charge in [-0.15, -0.1) is 11.3 Å². The van der Waals surface area contributed by atoms with Crippen LogP contribution < -0.4 is 20.7 Å². The molecule has 1 aromatic heterocycles. The Hall–Kier alpha value is -3.97. The lowest BCUT2D eigenvalue weighted by Crippen LogP contribution is -2.57. The van der Waals surface area contributed by atoms with Gasteiger partial charge in [0.25, 0.3) is 11.8 Å². The van der Waals surface area contributed by atoms with Crippen LogP contribution in [0.4, 0.5) is 0 Å². The molecule has 0 bridgehead atoms. The third-order valence-corrected chi connectivity index (χ3v) is 8.34. The summed E-state index contributed by atoms with van der Waals surface area (Å²) in [6.07, 6.45) is -0.782. The summed E-state index contributed by atoms with van der Waals surface area (Å²) in [6, 6.07) is 5.73. The summed E-state index contributed by atoms with van der Waals surface area (Å²) in [5.41, 5.74) is 0.857. The summed E-state index contributed by atoms with van der Waals surface area (Å²) in [5.74, 6) is -2.27. The maximum atomic E-state index is 13.6. The third-order valence-electron chi connectivity index (χ3n) is 7.22. The summed E-state index contributed by atoms with van der Waals surface area (Å²) in [7, 11) is 3.35. The molecule has 0 saturated carbocycles. The molecule has 13 heteroatoms. The Labute approximate surface area is 248 Å². The molecule has 0 spiro atoms. The number of carbonyl (C=O) groups is 5. The fraction of sp³-hybridized carbons (Fsp3) is 0.483. The molecule has 2 aliphatic rings. The largest absolute Gasteiger partial charge is 0.491 e. The first-order valence-electron chi connectivity index (χ1n) is 13.8. The molecular weight excluding hydrogens is 562 g/mol. The van der Waals surface area contributed by atoms with Crippen molar-refractivity contribution in [2.45, 2.75) is 51.4 Å². The van der Waals surface area contributed by atoms with Crippen molar-refractivity contribution in [2.24, 2.45) is 5.92 Å². The molecule has 1 fully saturated rings. The van der Waals surface area contributed by atoms with Gasteiger partial charge in [0.2, 0.25) is 17.7 Å². The molecule has 4 atom stereocenters. The second kappa shape index (κ2) is 12.9. The average molecular weight is 600 g/mol. The van der Waals surface area contributed by atoms with Gasteiger partial charge in [0.1, 0.15) is 30.5 Å². The predicted molar refractivity (Wildman–Crippen MR) is 156 cm³/mol. The van der Waals surface area contributed by atoms with Crippen LogP contribution in [-0.4, -0.2) is 102 Å². The van der Waals surface area contributed by atoms with Crippen LogP contribution in [0.1, 0.15) is 47.2 Å². The first kappa shape index (κ1) is 31.0. The second-order valence-electron chi connectivity index (χ2n) is 11.0. The number of aliphatic hydroxyl groups is 1. The Balaban J connectivity index is 1.67. The highest BCUT2D eigenvalue weighted by atomic mass is 32.1. The molecular formula is C29H37N5O7S. The van der Waals surface area contributed by atoms with E-state index in [9.17, 15) is 29.1 Å². The molecule has 5 amide bonds. The number of hydrogen-bond acceptors (Lipinski definition) is 8. The normalized spacial score (nSPS) is 23.8. The van der Waals surface area contributed by atoms with Crippen LogP contribution in [0, 0.1) is 5.92 Å². The molecule has 0 aliphatic carbocycles. The number of thiophene rings is 1. The quantitative estimate of drug-likeness (QED) is 0.407. The molecule has 226 valence electrons. The minimum Gasteiger partial charge on any atom is -0.491 e. The van der Waals surface area contributed by atoms with E-state index in [1.54, 1.807) is 58.3 Å². The van der Waals surface area contributed by atoms with Gasteiger partial charge in [0.05, 0.1) is 23.1 Å². The Kier molecular flexibility index (Phi) is 9.52. The topological polar surface area (TPSA) is 157 Å².